The van der Waals surface area contributed by atoms with Crippen molar-refractivity contribution in [2.45, 2.75) is 25.0 Å². The first-order valence-electron chi connectivity index (χ1n) is 12.0. The minimum absolute atomic E-state index is 0. The fourth-order valence-electron chi connectivity index (χ4n) is 4.20. The molecule has 4 rings (SSSR count). The number of halogens is 2. The maximum atomic E-state index is 14.6. The fourth-order valence-corrected chi connectivity index (χ4v) is 4.20. The van der Waals surface area contributed by atoms with Crippen molar-refractivity contribution in [3.63, 3.8) is 0 Å². The lowest BCUT2D eigenvalue weighted by Crippen LogP contribution is -2.49. The molecule has 1 heterocycles. The quantitative estimate of drug-likeness (QED) is 0.255. The van der Waals surface area contributed by atoms with E-state index in [1.165, 1.54) is 67.8 Å². The Hall–Kier alpha value is -4.15. The Morgan fingerprint density at radius 1 is 0.949 bits per heavy atom. The largest absolute Gasteiger partial charge is 0.508 e. The monoisotopic (exact) mass is 558 g/mol. The molecule has 0 aromatic heterocycles. The highest BCUT2D eigenvalue weighted by Gasteiger charge is 2.29. The molecule has 1 amide bonds. The van der Waals surface area contributed by atoms with Crippen LogP contribution in [0.4, 0.5) is 4.39 Å². The number of methoxy groups -OCH3 is 1. The highest BCUT2D eigenvalue weighted by atomic mass is 35.5. The zero-order valence-corrected chi connectivity index (χ0v) is 21.8. The summed E-state index contributed by atoms with van der Waals surface area (Å²) in [5.41, 5.74) is 0.0492. The summed E-state index contributed by atoms with van der Waals surface area (Å²) >= 11 is 0. The van der Waals surface area contributed by atoms with Crippen LogP contribution in [0.25, 0.3) is 0 Å². The summed E-state index contributed by atoms with van der Waals surface area (Å²) in [6, 6.07) is 13.1. The van der Waals surface area contributed by atoms with Crippen LogP contribution < -0.4 is 15.4 Å². The Bertz CT molecular complexity index is 1330. The number of carbonyl (C=O) groups excluding carboxylic acids is 3. The van der Waals surface area contributed by atoms with E-state index in [-0.39, 0.29) is 40.9 Å². The van der Waals surface area contributed by atoms with Crippen molar-refractivity contribution < 1.29 is 38.5 Å². The molecule has 0 aliphatic carbocycles. The van der Waals surface area contributed by atoms with Gasteiger partial charge in [-0.1, -0.05) is 12.1 Å². The zero-order valence-electron chi connectivity index (χ0n) is 21.0. The summed E-state index contributed by atoms with van der Waals surface area (Å²) in [7, 11) is 1.25. The van der Waals surface area contributed by atoms with Crippen molar-refractivity contribution in [2.75, 3.05) is 20.2 Å². The molecule has 0 bridgehead atoms. The number of carbonyl (C=O) groups is 3. The maximum absolute atomic E-state index is 14.6. The van der Waals surface area contributed by atoms with E-state index in [9.17, 15) is 29.0 Å². The number of esters is 1. The molecule has 39 heavy (non-hydrogen) atoms. The Morgan fingerprint density at radius 3 is 2.26 bits per heavy atom. The van der Waals surface area contributed by atoms with Crippen LogP contribution in [-0.2, 0) is 4.74 Å². The van der Waals surface area contributed by atoms with E-state index in [1.54, 1.807) is 0 Å². The summed E-state index contributed by atoms with van der Waals surface area (Å²) in [6.45, 7) is 1.09. The molecular weight excluding hydrogens is 531 g/mol. The van der Waals surface area contributed by atoms with Gasteiger partial charge in [0.2, 0.25) is 0 Å². The van der Waals surface area contributed by atoms with Crippen LogP contribution in [0.3, 0.4) is 0 Å². The summed E-state index contributed by atoms with van der Waals surface area (Å²) in [5, 5.41) is 25.6. The summed E-state index contributed by atoms with van der Waals surface area (Å²) < 4.78 is 25.2. The molecule has 1 aliphatic heterocycles. The van der Waals surface area contributed by atoms with Crippen molar-refractivity contribution in [3.8, 4) is 17.2 Å². The second-order valence-electron chi connectivity index (χ2n) is 8.80. The molecule has 1 saturated heterocycles. The lowest BCUT2D eigenvalue weighted by molar-refractivity contribution is 0.0192. The number of nitrogens with one attached hydrogen (secondary N) is 2. The molecule has 2 atom stereocenters. The molecule has 4 N–H and O–H groups in total. The van der Waals surface area contributed by atoms with Gasteiger partial charge < -0.3 is 30.3 Å². The molecule has 1 fully saturated rings. The van der Waals surface area contributed by atoms with Crippen molar-refractivity contribution in [3.05, 3.63) is 88.7 Å². The second-order valence-corrected chi connectivity index (χ2v) is 8.80. The van der Waals surface area contributed by atoms with E-state index >= 15 is 0 Å². The topological polar surface area (TPSA) is 134 Å². The highest BCUT2D eigenvalue weighted by molar-refractivity contribution is 6.11. The van der Waals surface area contributed by atoms with Gasteiger partial charge in [-0.05, 0) is 67.9 Å². The van der Waals surface area contributed by atoms with E-state index in [0.29, 0.717) is 25.1 Å². The fraction of sp³-hybridized carbons (Fsp3) is 0.250. The van der Waals surface area contributed by atoms with Gasteiger partial charge in [0.05, 0.1) is 18.7 Å². The third-order valence-corrected chi connectivity index (χ3v) is 6.27. The molecule has 3 aromatic rings. The Kier molecular flexibility index (Phi) is 9.86. The summed E-state index contributed by atoms with van der Waals surface area (Å²) in [5.74, 6) is -3.43. The Balaban J connectivity index is 0.00000420. The SMILES string of the molecule is COc1ccc(O)c(C(=O)c2ccc(C(=O)O[C@@H]3CCCNC[C@H]3NC(=O)c3ccc(O)cc3)cc2)c1F.Cl. The molecule has 9 nitrogen and oxygen atoms in total. The van der Waals surface area contributed by atoms with Crippen LogP contribution in [0.2, 0.25) is 0 Å². The second kappa shape index (κ2) is 13.1. The van der Waals surface area contributed by atoms with E-state index in [1.807, 2.05) is 0 Å². The van der Waals surface area contributed by atoms with E-state index < -0.39 is 41.0 Å². The summed E-state index contributed by atoms with van der Waals surface area (Å²) in [4.78, 5) is 38.5. The van der Waals surface area contributed by atoms with Gasteiger partial charge in [-0.15, -0.1) is 12.4 Å². The lowest BCUT2D eigenvalue weighted by atomic mass is 10.00. The Morgan fingerprint density at radius 2 is 1.59 bits per heavy atom. The van der Waals surface area contributed by atoms with Gasteiger partial charge >= 0.3 is 5.97 Å². The van der Waals surface area contributed by atoms with Gasteiger partial charge in [-0.2, -0.15) is 0 Å². The minimum atomic E-state index is -0.983. The highest BCUT2D eigenvalue weighted by Crippen LogP contribution is 2.30. The number of hydrogen-bond acceptors (Lipinski definition) is 8. The molecular formula is C28H28ClFN2O7. The van der Waals surface area contributed by atoms with Crippen LogP contribution in [0.5, 0.6) is 17.2 Å². The predicted octanol–water partition coefficient (Wildman–Crippen LogP) is 3.61. The van der Waals surface area contributed by atoms with Crippen LogP contribution in [0, 0.1) is 5.82 Å². The first kappa shape index (κ1) is 29.4. The average molecular weight is 559 g/mol. The minimum Gasteiger partial charge on any atom is -0.508 e. The van der Waals surface area contributed by atoms with Gasteiger partial charge in [0.25, 0.3) is 5.91 Å². The van der Waals surface area contributed by atoms with Crippen LogP contribution in [-0.4, -0.2) is 60.2 Å². The standard InChI is InChI=1S/C28H27FN2O7.ClH/c1-37-23-13-12-21(33)24(25(23)29)26(34)16-4-6-18(7-5-16)28(36)38-22-3-2-14-30-15-20(22)31-27(35)17-8-10-19(32)11-9-17;/h4-13,20,22,30,32-33H,2-3,14-15H2,1H3,(H,31,35);1H/t20-,22-;/m1./s1. The molecule has 1 aliphatic rings. The smallest absolute Gasteiger partial charge is 0.338 e. The molecule has 0 unspecified atom stereocenters. The normalized spacial score (nSPS) is 16.8. The molecule has 0 spiro atoms. The van der Waals surface area contributed by atoms with E-state index in [2.05, 4.69) is 10.6 Å². The van der Waals surface area contributed by atoms with Gasteiger partial charge in [-0.3, -0.25) is 9.59 Å². The van der Waals surface area contributed by atoms with Gasteiger partial charge in [-0.25, -0.2) is 9.18 Å². The van der Waals surface area contributed by atoms with Crippen molar-refractivity contribution in [2.24, 2.45) is 0 Å². The maximum Gasteiger partial charge on any atom is 0.338 e. The first-order valence-corrected chi connectivity index (χ1v) is 12.0. The van der Waals surface area contributed by atoms with E-state index in [4.69, 9.17) is 9.47 Å². The number of ketones is 1. The predicted molar refractivity (Wildman–Crippen MR) is 142 cm³/mol. The number of aromatic hydroxyl groups is 2. The summed E-state index contributed by atoms with van der Waals surface area (Å²) in [6.07, 6.45) is 0.638. The zero-order chi connectivity index (χ0) is 27.2. The first-order chi connectivity index (χ1) is 18.3. The number of hydrogen-bond donors (Lipinski definition) is 4. The van der Waals surface area contributed by atoms with Gasteiger partial charge in [0.1, 0.15) is 23.2 Å². The van der Waals surface area contributed by atoms with Crippen LogP contribution in [0.15, 0.2) is 60.7 Å². The third kappa shape index (κ3) is 6.84. The number of phenolic OH excluding ortho intramolecular Hbond substituents is 2. The number of ether oxygens (including phenoxy) is 2. The number of phenols is 2. The number of benzene rings is 3. The van der Waals surface area contributed by atoms with Crippen LogP contribution >= 0.6 is 12.4 Å². The lowest BCUT2D eigenvalue weighted by Gasteiger charge is -2.26. The van der Waals surface area contributed by atoms with Crippen molar-refractivity contribution in [1.29, 1.82) is 0 Å². The van der Waals surface area contributed by atoms with Crippen LogP contribution in [0.1, 0.15) is 49.5 Å². The molecule has 0 saturated carbocycles. The Labute approximate surface area is 230 Å². The van der Waals surface area contributed by atoms with Crippen molar-refractivity contribution in [1.82, 2.24) is 10.6 Å². The third-order valence-electron chi connectivity index (χ3n) is 6.27. The van der Waals surface area contributed by atoms with Gasteiger partial charge in [0, 0.05) is 17.7 Å². The molecule has 3 aromatic carbocycles. The molecule has 11 heteroatoms. The van der Waals surface area contributed by atoms with Crippen molar-refractivity contribution >= 4 is 30.1 Å². The molecule has 0 radical (unpaired) electrons. The van der Waals surface area contributed by atoms with Gasteiger partial charge in [0.15, 0.2) is 17.3 Å². The number of amides is 1. The van der Waals surface area contributed by atoms with E-state index in [0.717, 1.165) is 6.42 Å². The number of rotatable bonds is 7. The average Bonchev–Trinajstić information content (AvgIpc) is 3.14. The molecule has 206 valence electrons.